The zero-order valence-corrected chi connectivity index (χ0v) is 47.9. The summed E-state index contributed by atoms with van der Waals surface area (Å²) in [7, 11) is 0. The first-order valence-electron chi connectivity index (χ1n) is 28.5. The number of aromatic hydroxyl groups is 1. The second-order valence-electron chi connectivity index (χ2n) is 22.0. The molecular formula is C60H78N10O15. The van der Waals surface area contributed by atoms with Crippen LogP contribution in [-0.2, 0) is 40.0 Å². The first kappa shape index (κ1) is 64.5. The third kappa shape index (κ3) is 16.0. The van der Waals surface area contributed by atoms with E-state index in [1.54, 1.807) is 12.1 Å². The number of unbranched alkanes of at least 4 members (excludes halogenated alkanes) is 2. The summed E-state index contributed by atoms with van der Waals surface area (Å²) < 4.78 is 5.86. The smallest absolute Gasteiger partial charge is 0.264 e. The number of carbonyl (C=O) groups is 8. The van der Waals surface area contributed by atoms with Crippen LogP contribution in [0.25, 0.3) is 22.3 Å². The van der Waals surface area contributed by atoms with Crippen LogP contribution >= 0.6 is 0 Å². The number of nitrogens with zero attached hydrogens (tertiary/aromatic N) is 3. The number of phenols is 1. The Balaban J connectivity index is 1.21. The van der Waals surface area contributed by atoms with Crippen LogP contribution < -0.4 is 42.9 Å². The van der Waals surface area contributed by atoms with Crippen LogP contribution in [0.5, 0.6) is 11.5 Å². The molecule has 25 nitrogen and oxygen atoms in total. The molecule has 3 saturated heterocycles. The van der Waals surface area contributed by atoms with Gasteiger partial charge in [-0.1, -0.05) is 87.4 Å². The van der Waals surface area contributed by atoms with Crippen LogP contribution in [0.4, 0.5) is 0 Å². The SMILES string of the molecule is CCCCCOc1ccc(-c2ccc(-c3ccc(C(=O)N[C@H]4CCN(C(=O)C(N)CN)NC(=O)[C@@H]5[C@@H](O)[C@@H](C)CN5C(=O)[C@H](C(C)O)NC(=O)[C@H]([C@H](O)Cc5ccc(O)cc5)NC(=O)[C@@H]5C[C@@H](O)CN5C(=O)[C@H](C(C)O)NC4=O)cc3)cc2)cc1. The molecule has 15 N–H and O–H groups in total. The lowest BCUT2D eigenvalue weighted by molar-refractivity contribution is -0.151. The Morgan fingerprint density at radius 2 is 1.25 bits per heavy atom. The molecule has 458 valence electrons. The van der Waals surface area contributed by atoms with Gasteiger partial charge in [-0.05, 0) is 90.9 Å². The number of aliphatic hydroxyl groups is 5. The lowest BCUT2D eigenvalue weighted by Gasteiger charge is -2.34. The number of phenolic OH excluding ortho intramolecular Hbond substituents is 1. The molecule has 0 aliphatic carbocycles. The lowest BCUT2D eigenvalue weighted by atomic mass is 9.99. The predicted octanol–water partition coefficient (Wildman–Crippen LogP) is -1.07. The molecule has 3 aliphatic rings. The first-order valence-corrected chi connectivity index (χ1v) is 28.5. The van der Waals surface area contributed by atoms with Gasteiger partial charge in [0, 0.05) is 50.5 Å². The zero-order chi connectivity index (χ0) is 61.8. The maximum absolute atomic E-state index is 14.7. The Morgan fingerprint density at radius 1 is 0.706 bits per heavy atom. The third-order valence-corrected chi connectivity index (χ3v) is 15.5. The highest BCUT2D eigenvalue weighted by molar-refractivity contribution is 6.00. The molecule has 4 aromatic rings. The Hall–Kier alpha value is -8.04. The quantitative estimate of drug-likeness (QED) is 0.0594. The molecule has 3 unspecified atom stereocenters. The molecule has 85 heavy (non-hydrogen) atoms. The normalized spacial score (nSPS) is 25.2. The molecule has 25 heteroatoms. The highest BCUT2D eigenvalue weighted by Gasteiger charge is 2.50. The molecule has 0 bridgehead atoms. The Morgan fingerprint density at radius 3 is 1.81 bits per heavy atom. The van der Waals surface area contributed by atoms with E-state index in [-0.39, 0.29) is 24.3 Å². The van der Waals surface area contributed by atoms with E-state index < -0.39 is 158 Å². The van der Waals surface area contributed by atoms with Gasteiger partial charge in [-0.3, -0.25) is 48.8 Å². The Kier molecular flexibility index (Phi) is 22.1. The topological polar surface area (TPSA) is 389 Å². The van der Waals surface area contributed by atoms with Gasteiger partial charge in [0.2, 0.25) is 29.5 Å². The molecule has 7 rings (SSSR count). The van der Waals surface area contributed by atoms with Crippen LogP contribution in [0.3, 0.4) is 0 Å². The van der Waals surface area contributed by atoms with Crippen molar-refractivity contribution in [2.75, 3.05) is 32.8 Å². The van der Waals surface area contributed by atoms with Crippen molar-refractivity contribution < 1.29 is 73.7 Å². The van der Waals surface area contributed by atoms with E-state index in [4.69, 9.17) is 16.2 Å². The summed E-state index contributed by atoms with van der Waals surface area (Å²) in [5.41, 5.74) is 18.2. The molecule has 3 fully saturated rings. The zero-order valence-electron chi connectivity index (χ0n) is 47.9. The number of amides is 8. The molecule has 4 aromatic carbocycles. The third-order valence-electron chi connectivity index (χ3n) is 15.5. The molecule has 0 saturated carbocycles. The van der Waals surface area contributed by atoms with Crippen molar-refractivity contribution in [1.29, 1.82) is 0 Å². The van der Waals surface area contributed by atoms with Crippen molar-refractivity contribution >= 4 is 47.3 Å². The summed E-state index contributed by atoms with van der Waals surface area (Å²) in [6.45, 7) is 4.64. The van der Waals surface area contributed by atoms with Gasteiger partial charge in [0.1, 0.15) is 47.8 Å². The fourth-order valence-corrected chi connectivity index (χ4v) is 10.5. The number of aliphatic hydroxyl groups excluding tert-OH is 5. The van der Waals surface area contributed by atoms with Crippen LogP contribution in [0.2, 0.25) is 0 Å². The number of carbonyl (C=O) groups excluding carboxylic acids is 8. The number of ether oxygens (including phenoxy) is 1. The average Bonchev–Trinajstić information content (AvgIpc) is 3.78. The molecule has 0 radical (unpaired) electrons. The van der Waals surface area contributed by atoms with Crippen molar-refractivity contribution in [3.63, 3.8) is 0 Å². The highest BCUT2D eigenvalue weighted by atomic mass is 16.5. The fourth-order valence-electron chi connectivity index (χ4n) is 10.5. The van der Waals surface area contributed by atoms with Gasteiger partial charge in [-0.25, -0.2) is 0 Å². The minimum atomic E-state index is -1.98. The van der Waals surface area contributed by atoms with Crippen molar-refractivity contribution in [2.45, 2.75) is 139 Å². The summed E-state index contributed by atoms with van der Waals surface area (Å²) in [5, 5.41) is 76.9. The lowest BCUT2D eigenvalue weighted by Crippen LogP contribution is -2.64. The molecule has 0 aromatic heterocycles. The molecule has 0 spiro atoms. The monoisotopic (exact) mass is 1180 g/mol. The highest BCUT2D eigenvalue weighted by Crippen LogP contribution is 2.29. The van der Waals surface area contributed by atoms with Gasteiger partial charge >= 0.3 is 0 Å². The minimum Gasteiger partial charge on any atom is -0.508 e. The van der Waals surface area contributed by atoms with Gasteiger partial charge in [0.25, 0.3) is 17.7 Å². The number of fused-ring (bicyclic) bond motifs is 2. The Labute approximate surface area is 492 Å². The van der Waals surface area contributed by atoms with Gasteiger partial charge in [-0.2, -0.15) is 0 Å². The summed E-state index contributed by atoms with van der Waals surface area (Å²) in [4.78, 5) is 117. The van der Waals surface area contributed by atoms with E-state index in [0.29, 0.717) is 17.2 Å². The average molecular weight is 1180 g/mol. The van der Waals surface area contributed by atoms with E-state index in [2.05, 4.69) is 33.6 Å². The number of hydrogen-bond acceptors (Lipinski definition) is 17. The number of nitrogens with one attached hydrogen (secondary N) is 5. The van der Waals surface area contributed by atoms with Crippen LogP contribution in [0.15, 0.2) is 97.1 Å². The van der Waals surface area contributed by atoms with Gasteiger partial charge in [-0.15, -0.1) is 0 Å². The molecule has 3 aliphatic heterocycles. The van der Waals surface area contributed by atoms with Crippen molar-refractivity contribution in [1.82, 2.24) is 41.5 Å². The molecule has 8 amide bonds. The summed E-state index contributed by atoms with van der Waals surface area (Å²) >= 11 is 0. The summed E-state index contributed by atoms with van der Waals surface area (Å²) in [5.74, 6) is -8.83. The maximum Gasteiger partial charge on any atom is 0.264 e. The number of hydrazine groups is 1. The standard InChI is InChI=1S/C60H78N10O15/c1-5-6-7-26-85-43-22-18-39(19-23-43)37-12-10-36(11-13-37)38-14-16-40(17-15-38)53(77)63-45-24-25-70(58(82)44(62)29-61)67-57(81)51-52(76)32(2)30-69(51)60(84)49(34(4)72)65-56(80)50(47(75)27-35-8-20-41(73)21-9-35)66-55(79)46-28-42(74)31-68(46)59(83)48(33(3)71)64-54(45)78/h8-23,32-34,42,44-52,71-76H,5-7,24-31,61-62H2,1-4H3,(H,63,77)(H,64,78)(H,65,80)(H,66,79)(H,67,81)/t32-,33?,34?,42+,44?,45-,46-,47+,48-,49-,50-,51-,52-/m0/s1. The predicted molar refractivity (Wildman–Crippen MR) is 309 cm³/mol. The van der Waals surface area contributed by atoms with E-state index >= 15 is 0 Å². The van der Waals surface area contributed by atoms with E-state index in [9.17, 15) is 69.0 Å². The summed E-state index contributed by atoms with van der Waals surface area (Å²) in [6.07, 6.45) is -6.45. The first-order chi connectivity index (χ1) is 40.5. The largest absolute Gasteiger partial charge is 0.508 e. The van der Waals surface area contributed by atoms with Crippen molar-refractivity contribution in [3.8, 4) is 33.8 Å². The number of benzene rings is 4. The number of nitrogens with two attached hydrogens (primary N) is 2. The van der Waals surface area contributed by atoms with Crippen LogP contribution in [0, 0.1) is 5.92 Å². The Bertz CT molecular complexity index is 2990. The van der Waals surface area contributed by atoms with Crippen molar-refractivity contribution in [3.05, 3.63) is 108 Å². The number of hydrogen-bond donors (Lipinski definition) is 13. The van der Waals surface area contributed by atoms with E-state index in [1.807, 2.05) is 48.5 Å². The van der Waals surface area contributed by atoms with Crippen LogP contribution in [0.1, 0.15) is 75.7 Å². The van der Waals surface area contributed by atoms with Gasteiger partial charge in [0.15, 0.2) is 0 Å². The second-order valence-corrected chi connectivity index (χ2v) is 22.0. The van der Waals surface area contributed by atoms with Crippen LogP contribution in [-0.4, -0.2) is 198 Å². The van der Waals surface area contributed by atoms with E-state index in [0.717, 1.165) is 70.9 Å². The van der Waals surface area contributed by atoms with Gasteiger partial charge < -0.3 is 77.9 Å². The second kappa shape index (κ2) is 29.2. The number of rotatable bonds is 16. The molecular weight excluding hydrogens is 1100 g/mol. The minimum absolute atomic E-state index is 0.0612. The summed E-state index contributed by atoms with van der Waals surface area (Å²) in [6, 6.07) is 15.0. The molecule has 3 heterocycles. The maximum atomic E-state index is 14.7. The fraction of sp³-hybridized carbons (Fsp3) is 0.467. The van der Waals surface area contributed by atoms with Gasteiger partial charge in [0.05, 0.1) is 43.2 Å². The van der Waals surface area contributed by atoms with Crippen molar-refractivity contribution in [2.24, 2.45) is 17.4 Å². The molecule has 13 atom stereocenters. The van der Waals surface area contributed by atoms with E-state index in [1.165, 1.54) is 43.3 Å².